The highest BCUT2D eigenvalue weighted by Gasteiger charge is 2.31. The second-order valence-electron chi connectivity index (χ2n) is 10.1. The fraction of sp³-hybridized carbons (Fsp3) is 0.394. The Labute approximate surface area is 226 Å². The molecule has 1 aliphatic carbocycles. The van der Waals surface area contributed by atoms with Gasteiger partial charge in [-0.15, -0.1) is 0 Å². The number of hydrogen-bond donors (Lipinski definition) is 2. The lowest BCUT2D eigenvalue weighted by molar-refractivity contribution is -0.123. The molecule has 1 aromatic heterocycles. The zero-order valence-corrected chi connectivity index (χ0v) is 22.6. The molecular weight excluding hydrogens is 470 g/mol. The van der Waals surface area contributed by atoms with Gasteiger partial charge in [0.15, 0.2) is 0 Å². The third kappa shape index (κ3) is 7.32. The van der Waals surface area contributed by atoms with Crippen molar-refractivity contribution in [2.45, 2.75) is 64.3 Å². The van der Waals surface area contributed by atoms with E-state index >= 15 is 0 Å². The van der Waals surface area contributed by atoms with Crippen molar-refractivity contribution in [3.63, 3.8) is 0 Å². The number of aliphatic hydroxyl groups is 1. The summed E-state index contributed by atoms with van der Waals surface area (Å²) in [7, 11) is 0. The molecule has 1 fully saturated rings. The highest BCUT2D eigenvalue weighted by molar-refractivity contribution is 5.84. The van der Waals surface area contributed by atoms with Gasteiger partial charge in [-0.3, -0.25) is 4.79 Å². The lowest BCUT2D eigenvalue weighted by Gasteiger charge is -2.23. The molecular formula is C33H41N3O2. The minimum atomic E-state index is -0.132. The van der Waals surface area contributed by atoms with E-state index in [2.05, 4.69) is 59.3 Å². The molecule has 0 spiro atoms. The number of nitrogens with zero attached hydrogens (tertiary/aromatic N) is 2. The number of carbonyl (C=O) groups excluding carboxylic acids is 1. The Kier molecular flexibility index (Phi) is 10.5. The molecule has 4 aromatic rings. The van der Waals surface area contributed by atoms with Crippen molar-refractivity contribution in [1.29, 1.82) is 0 Å². The number of aliphatic hydroxyl groups excluding tert-OH is 1. The molecule has 1 heterocycles. The van der Waals surface area contributed by atoms with Crippen LogP contribution in [0.1, 0.15) is 68.3 Å². The van der Waals surface area contributed by atoms with Crippen LogP contribution >= 0.6 is 0 Å². The van der Waals surface area contributed by atoms with Gasteiger partial charge in [-0.25, -0.2) is 4.98 Å². The van der Waals surface area contributed by atoms with Gasteiger partial charge in [0.05, 0.1) is 23.6 Å². The number of aryl methyl sites for hydroxylation is 1. The molecule has 5 heteroatoms. The van der Waals surface area contributed by atoms with E-state index in [-0.39, 0.29) is 18.4 Å². The number of aromatic nitrogens is 2. The van der Waals surface area contributed by atoms with Crippen LogP contribution in [0.25, 0.3) is 11.0 Å². The van der Waals surface area contributed by atoms with Crippen LogP contribution in [0.4, 0.5) is 0 Å². The van der Waals surface area contributed by atoms with E-state index in [9.17, 15) is 4.79 Å². The Hall–Kier alpha value is -3.44. The number of para-hydroxylation sites is 2. The van der Waals surface area contributed by atoms with Gasteiger partial charge in [0.2, 0.25) is 5.91 Å². The number of fused-ring (bicyclic) bond motifs is 1. The molecule has 1 amide bonds. The third-order valence-electron chi connectivity index (χ3n) is 7.40. The monoisotopic (exact) mass is 511 g/mol. The number of unbranched alkanes of at least 4 members (excludes halogenated alkanes) is 1. The minimum absolute atomic E-state index is 0.0265. The summed E-state index contributed by atoms with van der Waals surface area (Å²) in [5.74, 6) is 1.44. The maximum Gasteiger partial charge on any atom is 0.227 e. The van der Waals surface area contributed by atoms with E-state index in [1.165, 1.54) is 23.9 Å². The molecule has 0 radical (unpaired) electrons. The van der Waals surface area contributed by atoms with Gasteiger partial charge in [-0.05, 0) is 48.4 Å². The molecule has 2 N–H and O–H groups in total. The fourth-order valence-corrected chi connectivity index (χ4v) is 5.44. The molecule has 1 unspecified atom stereocenters. The first-order valence-electron chi connectivity index (χ1n) is 14.1. The number of imidazole rings is 1. The topological polar surface area (TPSA) is 67.2 Å². The Morgan fingerprint density at radius 1 is 0.974 bits per heavy atom. The van der Waals surface area contributed by atoms with Crippen LogP contribution in [0, 0.1) is 5.92 Å². The predicted molar refractivity (Wildman–Crippen MR) is 155 cm³/mol. The Balaban J connectivity index is 0.000000494. The molecule has 200 valence electrons. The molecule has 38 heavy (non-hydrogen) atoms. The highest BCUT2D eigenvalue weighted by atomic mass is 16.3. The third-order valence-corrected chi connectivity index (χ3v) is 7.40. The van der Waals surface area contributed by atoms with E-state index in [1.807, 2.05) is 42.5 Å². The second kappa shape index (κ2) is 14.5. The molecule has 0 bridgehead atoms. The molecule has 3 aromatic carbocycles. The average Bonchev–Trinajstić information content (AvgIpc) is 3.62. The zero-order valence-electron chi connectivity index (χ0n) is 22.6. The van der Waals surface area contributed by atoms with Crippen LogP contribution in [0.15, 0.2) is 84.9 Å². The first-order valence-corrected chi connectivity index (χ1v) is 14.1. The Morgan fingerprint density at radius 2 is 1.63 bits per heavy atom. The average molecular weight is 512 g/mol. The van der Waals surface area contributed by atoms with Crippen molar-refractivity contribution in [3.8, 4) is 0 Å². The lowest BCUT2D eigenvalue weighted by Crippen LogP contribution is -2.34. The van der Waals surface area contributed by atoms with E-state index in [0.717, 1.165) is 55.6 Å². The Bertz CT molecular complexity index is 1220. The standard InChI is InChI=1S/C27H35N3O2.C6H6/c1-2-3-12-25-29-23-10-6-7-11-24(23)30(25)19-20-13-15-22(16-14-20)26(21-8-4-5-9-21)27(32)28-17-18-31;1-2-4-6-5-3-1/h6-7,10-11,13-16,21,26,31H,2-5,8-9,12,17-19H2,1H3,(H,28,32);1-6H. The second-order valence-corrected chi connectivity index (χ2v) is 10.1. The quantitative estimate of drug-likeness (QED) is 0.256. The largest absolute Gasteiger partial charge is 0.395 e. The SMILES string of the molecule is CCCCc1nc2ccccc2n1Cc1ccc(C(C(=O)NCCO)C2CCCC2)cc1.c1ccccc1. The summed E-state index contributed by atoms with van der Waals surface area (Å²) in [6, 6.07) is 28.9. The molecule has 0 saturated heterocycles. The predicted octanol–water partition coefficient (Wildman–Crippen LogP) is 6.50. The summed E-state index contributed by atoms with van der Waals surface area (Å²) < 4.78 is 2.34. The van der Waals surface area contributed by atoms with E-state index < -0.39 is 0 Å². The maximum absolute atomic E-state index is 12.9. The summed E-state index contributed by atoms with van der Waals surface area (Å²) >= 11 is 0. The van der Waals surface area contributed by atoms with Gasteiger partial charge >= 0.3 is 0 Å². The maximum atomic E-state index is 12.9. The summed E-state index contributed by atoms with van der Waals surface area (Å²) in [6.07, 6.45) is 7.86. The van der Waals surface area contributed by atoms with Crippen molar-refractivity contribution in [2.24, 2.45) is 5.92 Å². The summed E-state index contributed by atoms with van der Waals surface area (Å²) in [4.78, 5) is 17.8. The molecule has 1 aliphatic rings. The minimum Gasteiger partial charge on any atom is -0.395 e. The number of carbonyl (C=O) groups is 1. The zero-order chi connectivity index (χ0) is 26.6. The van der Waals surface area contributed by atoms with Crippen molar-refractivity contribution in [2.75, 3.05) is 13.2 Å². The van der Waals surface area contributed by atoms with Gasteiger partial charge in [0.1, 0.15) is 5.82 Å². The van der Waals surface area contributed by atoms with Gasteiger partial charge in [0.25, 0.3) is 0 Å². The van der Waals surface area contributed by atoms with E-state index in [1.54, 1.807) is 0 Å². The first kappa shape index (κ1) is 27.6. The van der Waals surface area contributed by atoms with E-state index in [0.29, 0.717) is 12.5 Å². The van der Waals surface area contributed by atoms with Crippen molar-refractivity contribution in [1.82, 2.24) is 14.9 Å². The molecule has 5 rings (SSSR count). The van der Waals surface area contributed by atoms with Gasteiger partial charge in [-0.2, -0.15) is 0 Å². The number of hydrogen-bond acceptors (Lipinski definition) is 3. The summed E-state index contributed by atoms with van der Waals surface area (Å²) in [6.45, 7) is 3.28. The first-order chi connectivity index (χ1) is 18.7. The van der Waals surface area contributed by atoms with Crippen molar-refractivity contribution >= 4 is 16.9 Å². The smallest absolute Gasteiger partial charge is 0.227 e. The molecule has 1 saturated carbocycles. The molecule has 1 atom stereocenters. The number of benzene rings is 3. The number of nitrogens with one attached hydrogen (secondary N) is 1. The Morgan fingerprint density at radius 3 is 2.26 bits per heavy atom. The highest BCUT2D eigenvalue weighted by Crippen LogP contribution is 2.37. The summed E-state index contributed by atoms with van der Waals surface area (Å²) in [5.41, 5.74) is 4.53. The summed E-state index contributed by atoms with van der Waals surface area (Å²) in [5, 5.41) is 12.0. The van der Waals surface area contributed by atoms with Gasteiger partial charge < -0.3 is 15.0 Å². The van der Waals surface area contributed by atoms with Crippen LogP contribution in [-0.2, 0) is 17.8 Å². The number of amides is 1. The molecule has 5 nitrogen and oxygen atoms in total. The fourth-order valence-electron chi connectivity index (χ4n) is 5.44. The lowest BCUT2D eigenvalue weighted by atomic mass is 9.84. The van der Waals surface area contributed by atoms with Crippen molar-refractivity contribution in [3.05, 3.63) is 102 Å². The van der Waals surface area contributed by atoms with Crippen LogP contribution < -0.4 is 5.32 Å². The van der Waals surface area contributed by atoms with Crippen LogP contribution in [0.2, 0.25) is 0 Å². The van der Waals surface area contributed by atoms with Crippen LogP contribution in [0.3, 0.4) is 0 Å². The van der Waals surface area contributed by atoms with Gasteiger partial charge in [0, 0.05) is 19.5 Å². The van der Waals surface area contributed by atoms with Gasteiger partial charge in [-0.1, -0.05) is 99.0 Å². The van der Waals surface area contributed by atoms with Crippen LogP contribution in [0.5, 0.6) is 0 Å². The normalized spacial score (nSPS) is 14.2. The molecule has 0 aliphatic heterocycles. The van der Waals surface area contributed by atoms with Crippen LogP contribution in [-0.4, -0.2) is 33.7 Å². The van der Waals surface area contributed by atoms with Crippen molar-refractivity contribution < 1.29 is 9.90 Å². The van der Waals surface area contributed by atoms with E-state index in [4.69, 9.17) is 10.1 Å². The number of rotatable bonds is 10.